The van der Waals surface area contributed by atoms with Crippen LogP contribution >= 0.6 is 38.9 Å². The van der Waals surface area contributed by atoms with Gasteiger partial charge in [-0.05, 0) is 60.2 Å². The summed E-state index contributed by atoms with van der Waals surface area (Å²) < 4.78 is 7.35. The molecule has 1 amide bonds. The SMILES string of the molecule is O=C(COc1ccc(Cl)cc1)N(/N=C/c1ccc([N+](=O)[O-])cc1)c1nc2ccc(Br)cc2s1. The Labute approximate surface area is 205 Å². The van der Waals surface area contributed by atoms with Gasteiger partial charge in [0.15, 0.2) is 6.61 Å². The number of aromatic nitrogens is 1. The lowest BCUT2D eigenvalue weighted by atomic mass is 10.2. The van der Waals surface area contributed by atoms with E-state index in [-0.39, 0.29) is 12.3 Å². The molecule has 0 fully saturated rings. The number of halogens is 2. The third-order valence-electron chi connectivity index (χ3n) is 4.36. The van der Waals surface area contributed by atoms with Crippen LogP contribution in [0.25, 0.3) is 10.2 Å². The van der Waals surface area contributed by atoms with Gasteiger partial charge in [0, 0.05) is 21.6 Å². The highest BCUT2D eigenvalue weighted by atomic mass is 79.9. The lowest BCUT2D eigenvalue weighted by Gasteiger charge is -2.14. The number of nitro benzene ring substituents is 1. The van der Waals surface area contributed by atoms with Crippen molar-refractivity contribution in [3.63, 3.8) is 0 Å². The number of carbonyl (C=O) groups excluding carboxylic acids is 1. The maximum atomic E-state index is 13.0. The molecule has 4 rings (SSSR count). The summed E-state index contributed by atoms with van der Waals surface area (Å²) in [7, 11) is 0. The molecule has 0 unspecified atom stereocenters. The number of benzene rings is 3. The zero-order chi connectivity index (χ0) is 23.4. The molecule has 0 saturated carbocycles. The number of amides is 1. The molecule has 0 N–H and O–H groups in total. The molecule has 1 aromatic heterocycles. The van der Waals surface area contributed by atoms with Crippen LogP contribution in [-0.4, -0.2) is 28.6 Å². The Kier molecular flexibility index (Phi) is 6.97. The molecule has 33 heavy (non-hydrogen) atoms. The van der Waals surface area contributed by atoms with Gasteiger partial charge in [0.25, 0.3) is 11.6 Å². The minimum Gasteiger partial charge on any atom is -0.484 e. The molecular formula is C22H14BrClN4O4S. The maximum Gasteiger partial charge on any atom is 0.287 e. The number of nitro groups is 1. The monoisotopic (exact) mass is 544 g/mol. The Morgan fingerprint density at radius 1 is 1.18 bits per heavy atom. The van der Waals surface area contributed by atoms with Gasteiger partial charge in [-0.2, -0.15) is 10.1 Å². The smallest absolute Gasteiger partial charge is 0.287 e. The summed E-state index contributed by atoms with van der Waals surface area (Å²) in [4.78, 5) is 27.9. The van der Waals surface area contributed by atoms with Crippen LogP contribution in [0.2, 0.25) is 5.02 Å². The molecule has 0 bridgehead atoms. The van der Waals surface area contributed by atoms with Gasteiger partial charge in [-0.15, -0.1) is 0 Å². The quantitative estimate of drug-likeness (QED) is 0.160. The van der Waals surface area contributed by atoms with E-state index in [4.69, 9.17) is 16.3 Å². The van der Waals surface area contributed by atoms with Crippen LogP contribution in [-0.2, 0) is 4.79 Å². The summed E-state index contributed by atoms with van der Waals surface area (Å²) in [6.07, 6.45) is 1.44. The second kappa shape index (κ2) is 10.1. The van der Waals surface area contributed by atoms with E-state index in [1.165, 1.54) is 29.7 Å². The maximum absolute atomic E-state index is 13.0. The summed E-state index contributed by atoms with van der Waals surface area (Å²) in [5, 5.41) is 17.3. The van der Waals surface area contributed by atoms with E-state index in [9.17, 15) is 14.9 Å². The van der Waals surface area contributed by atoms with Crippen molar-refractivity contribution < 1.29 is 14.5 Å². The lowest BCUT2D eigenvalue weighted by Crippen LogP contribution is -2.30. The van der Waals surface area contributed by atoms with Gasteiger partial charge in [-0.3, -0.25) is 14.9 Å². The summed E-state index contributed by atoms with van der Waals surface area (Å²) in [5.41, 5.74) is 1.27. The van der Waals surface area contributed by atoms with Crippen LogP contribution in [0.4, 0.5) is 10.8 Å². The van der Waals surface area contributed by atoms with Crippen molar-refractivity contribution >= 4 is 72.0 Å². The molecular weight excluding hydrogens is 532 g/mol. The number of thiazole rings is 1. The summed E-state index contributed by atoms with van der Waals surface area (Å²) >= 11 is 10.6. The number of fused-ring (bicyclic) bond motifs is 1. The fourth-order valence-electron chi connectivity index (χ4n) is 2.74. The van der Waals surface area contributed by atoms with Crippen LogP contribution in [0.15, 0.2) is 76.3 Å². The van der Waals surface area contributed by atoms with E-state index >= 15 is 0 Å². The number of hydrazone groups is 1. The molecule has 4 aromatic rings. The molecule has 0 saturated heterocycles. The zero-order valence-corrected chi connectivity index (χ0v) is 19.9. The first-order valence-electron chi connectivity index (χ1n) is 9.45. The van der Waals surface area contributed by atoms with E-state index in [1.807, 2.05) is 18.2 Å². The largest absolute Gasteiger partial charge is 0.484 e. The second-order valence-corrected chi connectivity index (χ2v) is 9.01. The summed E-state index contributed by atoms with van der Waals surface area (Å²) in [5.74, 6) is 0.0431. The van der Waals surface area contributed by atoms with Gasteiger partial charge in [0.2, 0.25) is 5.13 Å². The third kappa shape index (κ3) is 5.72. The van der Waals surface area contributed by atoms with Crippen molar-refractivity contribution in [2.45, 2.75) is 0 Å². The van der Waals surface area contributed by atoms with Crippen molar-refractivity contribution in [1.29, 1.82) is 0 Å². The number of non-ortho nitro benzene ring substituents is 1. The van der Waals surface area contributed by atoms with Gasteiger partial charge >= 0.3 is 0 Å². The molecule has 0 aliphatic rings. The van der Waals surface area contributed by atoms with Crippen molar-refractivity contribution in [1.82, 2.24) is 4.98 Å². The third-order valence-corrected chi connectivity index (χ3v) is 6.10. The molecule has 0 spiro atoms. The number of anilines is 1. The standard InChI is InChI=1S/C22H14BrClN4O4S/c23-15-3-10-19-20(11-15)33-22(26-19)27(21(29)13-32-18-8-4-16(24)5-9-18)25-12-14-1-6-17(7-2-14)28(30)31/h1-12H,13H2/b25-12+. The molecule has 11 heteroatoms. The van der Waals surface area contributed by atoms with E-state index in [0.717, 1.165) is 19.7 Å². The van der Waals surface area contributed by atoms with Gasteiger partial charge in [0.1, 0.15) is 5.75 Å². The second-order valence-electron chi connectivity index (χ2n) is 6.65. The van der Waals surface area contributed by atoms with Crippen LogP contribution in [0.5, 0.6) is 5.75 Å². The molecule has 8 nitrogen and oxygen atoms in total. The van der Waals surface area contributed by atoms with E-state index in [0.29, 0.717) is 21.5 Å². The van der Waals surface area contributed by atoms with Crippen molar-refractivity contribution in [2.24, 2.45) is 5.10 Å². The molecule has 0 aliphatic carbocycles. The number of ether oxygens (including phenoxy) is 1. The van der Waals surface area contributed by atoms with Gasteiger partial charge in [-0.25, -0.2) is 4.98 Å². The number of hydrogen-bond acceptors (Lipinski definition) is 7. The average Bonchev–Trinajstić information content (AvgIpc) is 3.22. The average molecular weight is 546 g/mol. The molecule has 1 heterocycles. The predicted molar refractivity (Wildman–Crippen MR) is 132 cm³/mol. The van der Waals surface area contributed by atoms with E-state index < -0.39 is 10.8 Å². The fourth-order valence-corrected chi connectivity index (χ4v) is 4.36. The van der Waals surface area contributed by atoms with E-state index in [2.05, 4.69) is 26.0 Å². The predicted octanol–water partition coefficient (Wildman–Crippen LogP) is 6.07. The zero-order valence-electron chi connectivity index (χ0n) is 16.7. The summed E-state index contributed by atoms with van der Waals surface area (Å²) in [6, 6.07) is 18.1. The first kappa shape index (κ1) is 22.8. The molecule has 0 atom stereocenters. The van der Waals surface area contributed by atoms with Crippen LogP contribution in [0.1, 0.15) is 5.56 Å². The Balaban J connectivity index is 1.60. The highest BCUT2D eigenvalue weighted by Crippen LogP contribution is 2.31. The minimum absolute atomic E-state index is 0.0341. The van der Waals surface area contributed by atoms with Crippen molar-refractivity contribution in [3.8, 4) is 5.75 Å². The van der Waals surface area contributed by atoms with Crippen LogP contribution < -0.4 is 9.75 Å². The first-order valence-corrected chi connectivity index (χ1v) is 11.4. The number of nitrogens with zero attached hydrogens (tertiary/aromatic N) is 4. The van der Waals surface area contributed by atoms with Gasteiger partial charge < -0.3 is 4.74 Å². The Morgan fingerprint density at radius 3 is 2.61 bits per heavy atom. The Bertz CT molecular complexity index is 1340. The Hall–Kier alpha value is -3.34. The summed E-state index contributed by atoms with van der Waals surface area (Å²) in [6.45, 7) is -0.279. The molecule has 3 aromatic carbocycles. The van der Waals surface area contributed by atoms with Crippen molar-refractivity contribution in [3.05, 3.63) is 91.9 Å². The topological polar surface area (TPSA) is 97.9 Å². The molecule has 0 aliphatic heterocycles. The number of rotatable bonds is 7. The van der Waals surface area contributed by atoms with Crippen LogP contribution in [0, 0.1) is 10.1 Å². The van der Waals surface area contributed by atoms with Crippen LogP contribution in [0.3, 0.4) is 0 Å². The van der Waals surface area contributed by atoms with E-state index in [1.54, 1.807) is 36.4 Å². The Morgan fingerprint density at radius 2 is 1.91 bits per heavy atom. The van der Waals surface area contributed by atoms with Gasteiger partial charge in [0.05, 0.1) is 21.4 Å². The molecule has 166 valence electrons. The number of carbonyl (C=O) groups is 1. The lowest BCUT2D eigenvalue weighted by molar-refractivity contribution is -0.384. The molecule has 0 radical (unpaired) electrons. The normalized spacial score (nSPS) is 11.1. The highest BCUT2D eigenvalue weighted by Gasteiger charge is 2.20. The fraction of sp³-hybridized carbons (Fsp3) is 0.0455. The van der Waals surface area contributed by atoms with Gasteiger partial charge in [-0.1, -0.05) is 38.9 Å². The highest BCUT2D eigenvalue weighted by molar-refractivity contribution is 9.10. The number of hydrogen-bond donors (Lipinski definition) is 0. The first-order chi connectivity index (χ1) is 15.9. The van der Waals surface area contributed by atoms with Crippen molar-refractivity contribution in [2.75, 3.05) is 11.6 Å². The minimum atomic E-state index is -0.482.